The quantitative estimate of drug-likeness (QED) is 0.651. The molecule has 0 spiro atoms. The standard InChI is InChI=1S/C21H24O2/c1-16(2)21-19(22-3)14-18(15-20(21)23-4)13-9-8-12-17-10-6-5-7-11-17/h5-16H,1-4H3. The molecule has 0 bridgehead atoms. The summed E-state index contributed by atoms with van der Waals surface area (Å²) in [7, 11) is 3.40. The minimum atomic E-state index is 0.343. The SMILES string of the molecule is COc1cc(C=CC=Cc2ccccc2)cc(OC)c1C(C)C. The predicted octanol–water partition coefficient (Wildman–Crippen LogP) is 5.55. The van der Waals surface area contributed by atoms with E-state index >= 15 is 0 Å². The van der Waals surface area contributed by atoms with Gasteiger partial charge in [-0.25, -0.2) is 0 Å². The van der Waals surface area contributed by atoms with Crippen molar-refractivity contribution in [2.24, 2.45) is 0 Å². The highest BCUT2D eigenvalue weighted by atomic mass is 16.5. The molecule has 0 atom stereocenters. The molecular weight excluding hydrogens is 284 g/mol. The van der Waals surface area contributed by atoms with Crippen LogP contribution in [0.1, 0.15) is 36.5 Å². The number of ether oxygens (including phenoxy) is 2. The van der Waals surface area contributed by atoms with Crippen LogP contribution in [0.4, 0.5) is 0 Å². The first-order valence-electron chi connectivity index (χ1n) is 7.81. The lowest BCUT2D eigenvalue weighted by Crippen LogP contribution is -1.99. The molecule has 0 fully saturated rings. The molecule has 2 heteroatoms. The summed E-state index contributed by atoms with van der Waals surface area (Å²) < 4.78 is 11.1. The molecule has 2 aromatic carbocycles. The van der Waals surface area contributed by atoms with E-state index in [0.717, 1.165) is 22.6 Å². The summed E-state index contributed by atoms with van der Waals surface area (Å²) in [6.45, 7) is 4.27. The van der Waals surface area contributed by atoms with Crippen molar-refractivity contribution < 1.29 is 9.47 Å². The Labute approximate surface area is 139 Å². The van der Waals surface area contributed by atoms with Gasteiger partial charge in [-0.15, -0.1) is 0 Å². The molecule has 2 nitrogen and oxygen atoms in total. The highest BCUT2D eigenvalue weighted by Crippen LogP contribution is 2.36. The topological polar surface area (TPSA) is 18.5 Å². The summed E-state index contributed by atoms with van der Waals surface area (Å²) in [5, 5.41) is 0. The first-order chi connectivity index (χ1) is 11.2. The van der Waals surface area contributed by atoms with Crippen molar-refractivity contribution in [3.63, 3.8) is 0 Å². The third-order valence-corrected chi connectivity index (χ3v) is 3.63. The number of hydrogen-bond donors (Lipinski definition) is 0. The van der Waals surface area contributed by atoms with Gasteiger partial charge < -0.3 is 9.47 Å². The Kier molecular flexibility index (Phi) is 6.04. The Bertz CT molecular complexity index is 657. The second-order valence-electron chi connectivity index (χ2n) is 5.62. The van der Waals surface area contributed by atoms with Crippen molar-refractivity contribution in [3.8, 4) is 11.5 Å². The van der Waals surface area contributed by atoms with E-state index in [9.17, 15) is 0 Å². The summed E-state index contributed by atoms with van der Waals surface area (Å²) in [6.07, 6.45) is 8.18. The first-order valence-corrected chi connectivity index (χ1v) is 7.81. The van der Waals surface area contributed by atoms with Gasteiger partial charge in [-0.1, -0.05) is 68.5 Å². The van der Waals surface area contributed by atoms with Gasteiger partial charge in [-0.3, -0.25) is 0 Å². The molecule has 0 N–H and O–H groups in total. The number of allylic oxidation sites excluding steroid dienone is 2. The van der Waals surface area contributed by atoms with E-state index in [1.807, 2.05) is 42.5 Å². The molecule has 0 saturated heterocycles. The number of benzene rings is 2. The van der Waals surface area contributed by atoms with Gasteiger partial charge in [0.25, 0.3) is 0 Å². The van der Waals surface area contributed by atoms with Gasteiger partial charge in [0, 0.05) is 5.56 Å². The molecule has 0 aliphatic heterocycles. The van der Waals surface area contributed by atoms with Crippen molar-refractivity contribution in [2.45, 2.75) is 19.8 Å². The zero-order valence-corrected chi connectivity index (χ0v) is 14.2. The van der Waals surface area contributed by atoms with E-state index in [1.165, 1.54) is 5.56 Å². The van der Waals surface area contributed by atoms with E-state index in [0.29, 0.717) is 5.92 Å². The van der Waals surface area contributed by atoms with E-state index in [-0.39, 0.29) is 0 Å². The van der Waals surface area contributed by atoms with E-state index in [1.54, 1.807) is 14.2 Å². The largest absolute Gasteiger partial charge is 0.496 e. The van der Waals surface area contributed by atoms with Gasteiger partial charge in [-0.2, -0.15) is 0 Å². The highest BCUT2D eigenvalue weighted by Gasteiger charge is 2.14. The average Bonchev–Trinajstić information content (AvgIpc) is 2.58. The molecule has 0 aliphatic carbocycles. The lowest BCUT2D eigenvalue weighted by Gasteiger charge is -2.17. The Morgan fingerprint density at radius 2 is 1.30 bits per heavy atom. The molecule has 2 rings (SSSR count). The summed E-state index contributed by atoms with van der Waals surface area (Å²) in [5.74, 6) is 2.08. The first kappa shape index (κ1) is 16.9. The van der Waals surface area contributed by atoms with Crippen molar-refractivity contribution in [1.82, 2.24) is 0 Å². The summed E-state index contributed by atoms with van der Waals surface area (Å²) in [5.41, 5.74) is 3.34. The van der Waals surface area contributed by atoms with Crippen LogP contribution in [-0.4, -0.2) is 14.2 Å². The molecule has 120 valence electrons. The van der Waals surface area contributed by atoms with Crippen molar-refractivity contribution in [1.29, 1.82) is 0 Å². The Hall–Kier alpha value is -2.48. The van der Waals surface area contributed by atoms with Gasteiger partial charge in [0.05, 0.1) is 14.2 Å². The summed E-state index contributed by atoms with van der Waals surface area (Å²) in [6, 6.07) is 14.3. The van der Waals surface area contributed by atoms with Crippen LogP contribution in [0.3, 0.4) is 0 Å². The maximum Gasteiger partial charge on any atom is 0.126 e. The maximum absolute atomic E-state index is 5.53. The van der Waals surface area contributed by atoms with Gasteiger partial charge in [0.1, 0.15) is 11.5 Å². The van der Waals surface area contributed by atoms with Crippen LogP contribution < -0.4 is 9.47 Å². The van der Waals surface area contributed by atoms with Gasteiger partial charge in [-0.05, 0) is 29.2 Å². The molecule has 23 heavy (non-hydrogen) atoms. The molecule has 0 aromatic heterocycles. The Balaban J connectivity index is 2.23. The second-order valence-corrected chi connectivity index (χ2v) is 5.62. The van der Waals surface area contributed by atoms with Crippen LogP contribution in [0, 0.1) is 0 Å². The van der Waals surface area contributed by atoms with Crippen LogP contribution in [-0.2, 0) is 0 Å². The van der Waals surface area contributed by atoms with E-state index in [2.05, 4.69) is 38.1 Å². The minimum absolute atomic E-state index is 0.343. The molecule has 2 aromatic rings. The van der Waals surface area contributed by atoms with E-state index < -0.39 is 0 Å². The van der Waals surface area contributed by atoms with Crippen LogP contribution >= 0.6 is 0 Å². The minimum Gasteiger partial charge on any atom is -0.496 e. The van der Waals surface area contributed by atoms with Crippen molar-refractivity contribution >= 4 is 12.2 Å². The zero-order valence-electron chi connectivity index (χ0n) is 14.2. The maximum atomic E-state index is 5.53. The van der Waals surface area contributed by atoms with E-state index in [4.69, 9.17) is 9.47 Å². The Morgan fingerprint density at radius 1 is 0.783 bits per heavy atom. The van der Waals surface area contributed by atoms with Crippen molar-refractivity contribution in [3.05, 3.63) is 71.3 Å². The lowest BCUT2D eigenvalue weighted by molar-refractivity contribution is 0.382. The normalized spacial score (nSPS) is 11.5. The fourth-order valence-corrected chi connectivity index (χ4v) is 2.52. The van der Waals surface area contributed by atoms with Crippen LogP contribution in [0.25, 0.3) is 12.2 Å². The second kappa shape index (κ2) is 8.23. The number of methoxy groups -OCH3 is 2. The fraction of sp³-hybridized carbons (Fsp3) is 0.238. The average molecular weight is 308 g/mol. The van der Waals surface area contributed by atoms with Gasteiger partial charge >= 0.3 is 0 Å². The molecule has 0 saturated carbocycles. The molecule has 0 unspecified atom stereocenters. The predicted molar refractivity (Wildman–Crippen MR) is 98.1 cm³/mol. The highest BCUT2D eigenvalue weighted by molar-refractivity contribution is 5.62. The zero-order chi connectivity index (χ0) is 16.7. The molecule has 0 radical (unpaired) electrons. The number of rotatable bonds is 6. The van der Waals surface area contributed by atoms with Crippen molar-refractivity contribution in [2.75, 3.05) is 14.2 Å². The van der Waals surface area contributed by atoms with Gasteiger partial charge in [0.15, 0.2) is 0 Å². The molecule has 0 heterocycles. The summed E-state index contributed by atoms with van der Waals surface area (Å²) >= 11 is 0. The van der Waals surface area contributed by atoms with Gasteiger partial charge in [0.2, 0.25) is 0 Å². The monoisotopic (exact) mass is 308 g/mol. The lowest BCUT2D eigenvalue weighted by atomic mass is 9.98. The van der Waals surface area contributed by atoms with Crippen LogP contribution in [0.15, 0.2) is 54.6 Å². The summed E-state index contributed by atoms with van der Waals surface area (Å²) in [4.78, 5) is 0. The number of hydrogen-bond acceptors (Lipinski definition) is 2. The smallest absolute Gasteiger partial charge is 0.126 e. The van der Waals surface area contributed by atoms with Crippen LogP contribution in [0.5, 0.6) is 11.5 Å². The molecule has 0 amide bonds. The van der Waals surface area contributed by atoms with Crippen LogP contribution in [0.2, 0.25) is 0 Å². The Morgan fingerprint density at radius 3 is 1.78 bits per heavy atom. The molecule has 0 aliphatic rings. The molecular formula is C21H24O2. The third-order valence-electron chi connectivity index (χ3n) is 3.63. The fourth-order valence-electron chi connectivity index (χ4n) is 2.52. The third kappa shape index (κ3) is 4.49.